The van der Waals surface area contributed by atoms with Crippen molar-refractivity contribution < 1.29 is 25.1 Å². The zero-order chi connectivity index (χ0) is 31.2. The summed E-state index contributed by atoms with van der Waals surface area (Å²) >= 11 is 0. The third-order valence-electron chi connectivity index (χ3n) is 7.27. The van der Waals surface area contributed by atoms with Crippen LogP contribution in [0.15, 0.2) is 101 Å². The standard InChI is InChI=1S/C34H32N4O6/c1-23-30(8-6-4-5-7-24-9-15-27(16-10-24)36(2)3)33(39)37(28-17-11-25(12-18-28)21-43-41)32-31(23)34(40)38(35-32)29-19-13-26(14-20-29)22-44-42/h4-20,41-42H,21-22H2,1-3H3/b6-4+,7-5+,30-8+. The van der Waals surface area contributed by atoms with E-state index in [1.807, 2.05) is 61.5 Å². The van der Waals surface area contributed by atoms with Crippen LogP contribution in [0, 0.1) is 6.92 Å². The Morgan fingerprint density at radius 2 is 1.39 bits per heavy atom. The molecule has 4 aromatic rings. The molecule has 0 bridgehead atoms. The van der Waals surface area contributed by atoms with E-state index < -0.39 is 0 Å². The minimum atomic E-state index is -0.373. The van der Waals surface area contributed by atoms with E-state index in [2.05, 4.69) is 14.9 Å². The molecule has 10 heteroatoms. The van der Waals surface area contributed by atoms with Gasteiger partial charge < -0.3 is 4.90 Å². The van der Waals surface area contributed by atoms with Crippen molar-refractivity contribution in [2.24, 2.45) is 5.10 Å². The molecular weight excluding hydrogens is 560 g/mol. The largest absolute Gasteiger partial charge is 0.378 e. The summed E-state index contributed by atoms with van der Waals surface area (Å²) in [6.07, 6.45) is 9.15. The summed E-state index contributed by atoms with van der Waals surface area (Å²) in [7, 11) is 3.98. The molecule has 5 rings (SSSR count). The van der Waals surface area contributed by atoms with Gasteiger partial charge in [0, 0.05) is 25.0 Å². The van der Waals surface area contributed by atoms with Crippen LogP contribution in [0.4, 0.5) is 11.4 Å². The molecule has 0 aliphatic carbocycles. The number of anilines is 2. The maximum atomic E-state index is 14.0. The van der Waals surface area contributed by atoms with E-state index in [4.69, 9.17) is 10.5 Å². The molecule has 44 heavy (non-hydrogen) atoms. The van der Waals surface area contributed by atoms with Gasteiger partial charge in [0.25, 0.3) is 11.5 Å². The van der Waals surface area contributed by atoms with Crippen LogP contribution in [-0.2, 0) is 23.0 Å². The van der Waals surface area contributed by atoms with Crippen LogP contribution < -0.4 is 26.2 Å². The number of carbonyl (C=O) groups excluding carboxylic acids is 1. The number of allylic oxidation sites excluding steroid dienone is 3. The van der Waals surface area contributed by atoms with Crippen molar-refractivity contribution in [1.82, 2.24) is 4.57 Å². The molecule has 224 valence electrons. The van der Waals surface area contributed by atoms with Crippen molar-refractivity contribution in [3.63, 3.8) is 0 Å². The van der Waals surface area contributed by atoms with Gasteiger partial charge in [-0.25, -0.2) is 9.78 Å². The lowest BCUT2D eigenvalue weighted by molar-refractivity contribution is -0.253. The van der Waals surface area contributed by atoms with Crippen LogP contribution in [-0.4, -0.2) is 35.1 Å². The van der Waals surface area contributed by atoms with Gasteiger partial charge in [-0.1, -0.05) is 60.7 Å². The average Bonchev–Trinajstić information content (AvgIpc) is 3.36. The molecule has 2 N–H and O–H groups in total. The fraction of sp³-hybridized carbons (Fsp3) is 0.147. The fourth-order valence-electron chi connectivity index (χ4n) is 4.89. The highest BCUT2D eigenvalue weighted by molar-refractivity contribution is 6.08. The van der Waals surface area contributed by atoms with Gasteiger partial charge >= 0.3 is 0 Å². The smallest absolute Gasteiger partial charge is 0.282 e. The predicted molar refractivity (Wildman–Crippen MR) is 169 cm³/mol. The van der Waals surface area contributed by atoms with Gasteiger partial charge in [-0.15, -0.1) is 5.10 Å². The second-order valence-electron chi connectivity index (χ2n) is 10.4. The molecule has 0 radical (unpaired) electrons. The van der Waals surface area contributed by atoms with Crippen LogP contribution in [0.5, 0.6) is 0 Å². The van der Waals surface area contributed by atoms with Crippen LogP contribution in [0.2, 0.25) is 0 Å². The summed E-state index contributed by atoms with van der Waals surface area (Å²) in [5.74, 6) is -0.373. The summed E-state index contributed by atoms with van der Waals surface area (Å²) < 4.78 is 1.42. The lowest BCUT2D eigenvalue weighted by atomic mass is 10.1. The molecule has 0 unspecified atom stereocenters. The maximum absolute atomic E-state index is 14.0. The van der Waals surface area contributed by atoms with Crippen molar-refractivity contribution in [3.8, 4) is 5.69 Å². The molecule has 2 heterocycles. The van der Waals surface area contributed by atoms with Gasteiger partial charge in [0.1, 0.15) is 13.2 Å². The van der Waals surface area contributed by atoms with E-state index in [0.29, 0.717) is 38.8 Å². The number of pyridine rings is 1. The van der Waals surface area contributed by atoms with Crippen molar-refractivity contribution >= 4 is 29.4 Å². The summed E-state index contributed by atoms with van der Waals surface area (Å²) in [6, 6.07) is 21.8. The molecular formula is C34H32N4O6. The Bertz CT molecular complexity index is 1890. The van der Waals surface area contributed by atoms with Gasteiger partial charge in [-0.05, 0) is 71.7 Å². The number of aromatic nitrogens is 1. The number of benzene rings is 3. The Kier molecular flexibility index (Phi) is 9.27. The molecule has 3 aromatic carbocycles. The maximum Gasteiger partial charge on any atom is 0.282 e. The number of rotatable bonds is 10. The highest BCUT2D eigenvalue weighted by atomic mass is 17.1. The molecule has 0 spiro atoms. The molecule has 1 aliphatic rings. The summed E-state index contributed by atoms with van der Waals surface area (Å²) in [5.41, 5.74) is 5.26. The second-order valence-corrected chi connectivity index (χ2v) is 10.4. The first-order chi connectivity index (χ1) is 21.3. The van der Waals surface area contributed by atoms with Gasteiger partial charge in [-0.3, -0.25) is 24.7 Å². The minimum absolute atomic E-state index is 0.00615. The Hall–Kier alpha value is -5.13. The van der Waals surface area contributed by atoms with Gasteiger partial charge in [0.2, 0.25) is 0 Å². The molecule has 1 amide bonds. The highest BCUT2D eigenvalue weighted by Gasteiger charge is 2.30. The van der Waals surface area contributed by atoms with Gasteiger partial charge in [-0.2, -0.15) is 5.01 Å². The minimum Gasteiger partial charge on any atom is -0.378 e. The molecule has 1 aliphatic heterocycles. The first kappa shape index (κ1) is 30.3. The van der Waals surface area contributed by atoms with Gasteiger partial charge in [0.15, 0.2) is 5.49 Å². The molecule has 1 aromatic heterocycles. The van der Waals surface area contributed by atoms with Crippen molar-refractivity contribution in [2.45, 2.75) is 20.1 Å². The van der Waals surface area contributed by atoms with E-state index >= 15 is 0 Å². The summed E-state index contributed by atoms with van der Waals surface area (Å²) in [6.45, 7) is 1.74. The van der Waals surface area contributed by atoms with Crippen molar-refractivity contribution in [2.75, 3.05) is 24.0 Å². The predicted octanol–water partition coefficient (Wildman–Crippen LogP) is 4.44. The quantitative estimate of drug-likeness (QED) is 0.159. The Balaban J connectivity index is 1.57. The van der Waals surface area contributed by atoms with E-state index in [0.717, 1.165) is 11.3 Å². The van der Waals surface area contributed by atoms with Crippen LogP contribution in [0.25, 0.3) is 17.8 Å². The van der Waals surface area contributed by atoms with E-state index in [9.17, 15) is 9.59 Å². The Labute approximate surface area is 253 Å². The molecule has 0 fully saturated rings. The third-order valence-corrected chi connectivity index (χ3v) is 7.27. The summed E-state index contributed by atoms with van der Waals surface area (Å²) in [4.78, 5) is 38.2. The normalized spacial score (nSPS) is 13.2. The third kappa shape index (κ3) is 6.29. The first-order valence-electron chi connectivity index (χ1n) is 13.8. The number of nitrogens with zero attached hydrogens (tertiary/aromatic N) is 4. The summed E-state index contributed by atoms with van der Waals surface area (Å²) in [5, 5.41) is 23.8. The zero-order valence-electron chi connectivity index (χ0n) is 24.5. The Morgan fingerprint density at radius 3 is 1.95 bits per heavy atom. The van der Waals surface area contributed by atoms with Crippen LogP contribution in [0.1, 0.15) is 32.6 Å². The van der Waals surface area contributed by atoms with Crippen molar-refractivity contribution in [3.05, 3.63) is 140 Å². The van der Waals surface area contributed by atoms with Crippen LogP contribution in [0.3, 0.4) is 0 Å². The van der Waals surface area contributed by atoms with Crippen molar-refractivity contribution in [1.29, 1.82) is 0 Å². The molecule has 0 saturated heterocycles. The number of fused-ring (bicyclic) bond motifs is 1. The van der Waals surface area contributed by atoms with Gasteiger partial charge in [0.05, 0.1) is 16.9 Å². The monoisotopic (exact) mass is 592 g/mol. The fourth-order valence-corrected chi connectivity index (χ4v) is 4.89. The average molecular weight is 593 g/mol. The van der Waals surface area contributed by atoms with Crippen LogP contribution >= 0.6 is 0 Å². The number of hydrogen-bond donors (Lipinski definition) is 2. The molecule has 0 saturated carbocycles. The van der Waals surface area contributed by atoms with E-state index in [-0.39, 0.29) is 30.2 Å². The number of amides is 1. The van der Waals surface area contributed by atoms with E-state index in [1.54, 1.807) is 67.6 Å². The lowest BCUT2D eigenvalue weighted by Crippen LogP contribution is -2.45. The zero-order valence-corrected chi connectivity index (χ0v) is 24.5. The Morgan fingerprint density at radius 1 is 0.795 bits per heavy atom. The number of carbonyl (C=O) groups is 1. The second kappa shape index (κ2) is 13.4. The lowest BCUT2D eigenvalue weighted by Gasteiger charge is -2.12. The first-order valence-corrected chi connectivity index (χ1v) is 13.8. The highest BCUT2D eigenvalue weighted by Crippen LogP contribution is 2.22. The SMILES string of the molecule is Cc1c2c(n(-c3ccc(COO)cc3)c(=O)/c1=C/C=C/C=C/c1ccc(N(C)C)cc1)=NN(c1ccc(COO)cc1)C2=O. The molecule has 0 atom stereocenters. The topological polar surface area (TPSA) is 117 Å². The van der Waals surface area contributed by atoms with E-state index in [1.165, 1.54) is 9.58 Å². The molecule has 10 nitrogen and oxygen atoms in total. The number of hydrogen-bond acceptors (Lipinski definition) is 8.